The van der Waals surface area contributed by atoms with Crippen molar-refractivity contribution in [1.29, 1.82) is 0 Å². The lowest BCUT2D eigenvalue weighted by Crippen LogP contribution is -2.66. The fraction of sp³-hybridized carbons (Fsp3) is 0.455. The summed E-state index contributed by atoms with van der Waals surface area (Å²) in [6.07, 6.45) is 2.10. The van der Waals surface area contributed by atoms with Crippen molar-refractivity contribution in [3.63, 3.8) is 0 Å². The molecule has 0 radical (unpaired) electrons. The maximum atomic E-state index is 6.70. The topological polar surface area (TPSA) is 27.7 Å². The van der Waals surface area contributed by atoms with Crippen molar-refractivity contribution in [1.82, 2.24) is 15.3 Å². The van der Waals surface area contributed by atoms with Crippen molar-refractivity contribution in [3.05, 3.63) is 71.8 Å². The summed E-state index contributed by atoms with van der Waals surface area (Å²) in [7, 11) is 2.14. The van der Waals surface area contributed by atoms with Gasteiger partial charge in [-0.1, -0.05) is 60.7 Å². The molecule has 2 heterocycles. The van der Waals surface area contributed by atoms with E-state index in [1.54, 1.807) is 0 Å². The molecule has 4 rings (SSSR count). The smallest absolute Gasteiger partial charge is 0.134 e. The summed E-state index contributed by atoms with van der Waals surface area (Å²) in [5, 5.41) is 2.24. The zero-order valence-corrected chi connectivity index (χ0v) is 15.8. The van der Waals surface area contributed by atoms with Gasteiger partial charge in [0, 0.05) is 39.5 Å². The van der Waals surface area contributed by atoms with E-state index in [2.05, 4.69) is 90.0 Å². The average Bonchev–Trinajstić information content (AvgIpc) is 2.68. The highest BCUT2D eigenvalue weighted by atomic mass is 16.5. The summed E-state index contributed by atoms with van der Waals surface area (Å²) >= 11 is 0. The largest absolute Gasteiger partial charge is 0.350 e. The molecule has 4 heteroatoms. The van der Waals surface area contributed by atoms with Crippen molar-refractivity contribution < 1.29 is 4.74 Å². The van der Waals surface area contributed by atoms with Crippen LogP contribution in [-0.4, -0.2) is 41.8 Å². The first-order valence-electron chi connectivity index (χ1n) is 9.65. The molecule has 2 aliphatic rings. The summed E-state index contributed by atoms with van der Waals surface area (Å²) in [4.78, 5) is 2.53. The lowest BCUT2D eigenvalue weighted by molar-refractivity contribution is -0.236. The van der Waals surface area contributed by atoms with Gasteiger partial charge in [0.2, 0.25) is 0 Å². The van der Waals surface area contributed by atoms with Gasteiger partial charge in [-0.3, -0.25) is 4.90 Å². The Morgan fingerprint density at radius 1 is 1.00 bits per heavy atom. The van der Waals surface area contributed by atoms with Crippen LogP contribution in [0.5, 0.6) is 0 Å². The fourth-order valence-electron chi connectivity index (χ4n) is 4.13. The Balaban J connectivity index is 1.44. The third-order valence-electron chi connectivity index (χ3n) is 5.82. The maximum Gasteiger partial charge on any atom is 0.134 e. The van der Waals surface area contributed by atoms with E-state index in [1.165, 1.54) is 11.1 Å². The molecule has 2 aromatic rings. The molecular formula is C22H29N3O. The van der Waals surface area contributed by atoms with E-state index < -0.39 is 0 Å². The average molecular weight is 351 g/mol. The monoisotopic (exact) mass is 351 g/mol. The molecule has 1 spiro atoms. The van der Waals surface area contributed by atoms with E-state index in [0.717, 1.165) is 32.5 Å². The van der Waals surface area contributed by atoms with Crippen LogP contribution in [0, 0.1) is 0 Å². The van der Waals surface area contributed by atoms with Crippen LogP contribution in [0.1, 0.15) is 37.0 Å². The molecule has 0 bridgehead atoms. The van der Waals surface area contributed by atoms with Gasteiger partial charge in [-0.2, -0.15) is 0 Å². The van der Waals surface area contributed by atoms with Gasteiger partial charge in [0.05, 0.1) is 6.04 Å². The third kappa shape index (κ3) is 3.69. The number of nitrogens with one attached hydrogen (secondary N) is 1. The minimum atomic E-state index is -0.255. The first-order chi connectivity index (χ1) is 12.7. The molecule has 26 heavy (non-hydrogen) atoms. The molecule has 2 saturated heterocycles. The highest BCUT2D eigenvalue weighted by Gasteiger charge is 2.45. The van der Waals surface area contributed by atoms with E-state index in [-0.39, 0.29) is 11.8 Å². The van der Waals surface area contributed by atoms with Gasteiger partial charge < -0.3 is 4.74 Å². The molecule has 2 atom stereocenters. The van der Waals surface area contributed by atoms with Gasteiger partial charge in [0.25, 0.3) is 0 Å². The number of hydrazine groups is 1. The van der Waals surface area contributed by atoms with Crippen molar-refractivity contribution >= 4 is 0 Å². The van der Waals surface area contributed by atoms with Gasteiger partial charge in [0.1, 0.15) is 11.8 Å². The van der Waals surface area contributed by atoms with Gasteiger partial charge >= 0.3 is 0 Å². The molecule has 2 aromatic carbocycles. The standard InChI is InChI=1S/C22H29N3O/c1-18-21(20-11-7-4-8-12-20)26-22(23-24(18)2)13-15-25(16-14-22)17-19-9-5-3-6-10-19/h3-12,18,21,23H,13-17H2,1-2H3/t18-,21-/m0/s1. The lowest BCUT2D eigenvalue weighted by Gasteiger charge is -2.52. The van der Waals surface area contributed by atoms with E-state index in [1.807, 2.05) is 0 Å². The number of piperidine rings is 1. The van der Waals surface area contributed by atoms with Crippen LogP contribution in [0.25, 0.3) is 0 Å². The van der Waals surface area contributed by atoms with Gasteiger partial charge in [-0.05, 0) is 18.1 Å². The van der Waals surface area contributed by atoms with E-state index in [9.17, 15) is 0 Å². The number of likely N-dealkylation sites (N-methyl/N-ethyl adjacent to an activating group) is 1. The van der Waals surface area contributed by atoms with Gasteiger partial charge in [0.15, 0.2) is 0 Å². The van der Waals surface area contributed by atoms with E-state index in [0.29, 0.717) is 6.04 Å². The van der Waals surface area contributed by atoms with Crippen LogP contribution in [0.4, 0.5) is 0 Å². The van der Waals surface area contributed by atoms with Gasteiger partial charge in [-0.25, -0.2) is 10.4 Å². The van der Waals surface area contributed by atoms with Gasteiger partial charge in [-0.15, -0.1) is 0 Å². The Morgan fingerprint density at radius 3 is 2.27 bits per heavy atom. The number of rotatable bonds is 3. The Morgan fingerprint density at radius 2 is 1.62 bits per heavy atom. The fourth-order valence-corrected chi connectivity index (χ4v) is 4.13. The number of nitrogens with zero attached hydrogens (tertiary/aromatic N) is 2. The van der Waals surface area contributed by atoms with E-state index >= 15 is 0 Å². The van der Waals surface area contributed by atoms with Crippen LogP contribution in [-0.2, 0) is 11.3 Å². The summed E-state index contributed by atoms with van der Waals surface area (Å²) in [6.45, 7) is 5.34. The normalized spacial score (nSPS) is 26.8. The first-order valence-corrected chi connectivity index (χ1v) is 9.65. The lowest BCUT2D eigenvalue weighted by atomic mass is 9.95. The second kappa shape index (κ2) is 7.49. The molecule has 0 aliphatic carbocycles. The molecule has 0 unspecified atom stereocenters. The summed E-state index contributed by atoms with van der Waals surface area (Å²) in [6, 6.07) is 21.7. The zero-order valence-electron chi connectivity index (χ0n) is 15.8. The summed E-state index contributed by atoms with van der Waals surface area (Å²) in [5.41, 5.74) is 6.04. The number of hydrogen-bond donors (Lipinski definition) is 1. The SMILES string of the molecule is C[C@H]1[C@@H](c2ccccc2)OC2(CCN(Cc3ccccc3)CC2)NN1C. The second-order valence-corrected chi connectivity index (χ2v) is 7.67. The molecule has 2 fully saturated rings. The van der Waals surface area contributed by atoms with Crippen molar-refractivity contribution in [2.45, 2.75) is 44.2 Å². The highest BCUT2D eigenvalue weighted by Crippen LogP contribution is 2.37. The molecule has 138 valence electrons. The van der Waals surface area contributed by atoms with Crippen LogP contribution in [0.2, 0.25) is 0 Å². The van der Waals surface area contributed by atoms with Crippen LogP contribution < -0.4 is 5.43 Å². The van der Waals surface area contributed by atoms with Crippen LogP contribution in [0.15, 0.2) is 60.7 Å². The quantitative estimate of drug-likeness (QED) is 0.915. The van der Waals surface area contributed by atoms with E-state index in [4.69, 9.17) is 4.74 Å². The number of likely N-dealkylation sites (tertiary alicyclic amines) is 1. The second-order valence-electron chi connectivity index (χ2n) is 7.67. The molecule has 0 saturated carbocycles. The van der Waals surface area contributed by atoms with Crippen LogP contribution in [0.3, 0.4) is 0 Å². The number of hydrogen-bond acceptors (Lipinski definition) is 4. The Kier molecular flexibility index (Phi) is 5.09. The molecular weight excluding hydrogens is 322 g/mol. The Hall–Kier alpha value is -1.72. The Bertz CT molecular complexity index is 698. The third-order valence-corrected chi connectivity index (χ3v) is 5.82. The maximum absolute atomic E-state index is 6.70. The predicted molar refractivity (Wildman–Crippen MR) is 104 cm³/mol. The Labute approximate surface area is 156 Å². The van der Waals surface area contributed by atoms with Crippen LogP contribution >= 0.6 is 0 Å². The van der Waals surface area contributed by atoms with Crippen molar-refractivity contribution in [2.75, 3.05) is 20.1 Å². The molecule has 0 amide bonds. The summed E-state index contributed by atoms with van der Waals surface area (Å²) < 4.78 is 6.70. The zero-order chi connectivity index (χ0) is 18.0. The minimum absolute atomic E-state index is 0.100. The number of benzene rings is 2. The molecule has 2 aliphatic heterocycles. The molecule has 1 N–H and O–H groups in total. The van der Waals surface area contributed by atoms with Crippen molar-refractivity contribution in [3.8, 4) is 0 Å². The molecule has 0 aromatic heterocycles. The number of ether oxygens (including phenoxy) is 1. The first kappa shape index (κ1) is 17.7. The minimum Gasteiger partial charge on any atom is -0.350 e. The predicted octanol–water partition coefficient (Wildman–Crippen LogP) is 3.58. The summed E-state index contributed by atoms with van der Waals surface area (Å²) in [5.74, 6) is 0. The molecule has 4 nitrogen and oxygen atoms in total. The van der Waals surface area contributed by atoms with Crippen molar-refractivity contribution in [2.24, 2.45) is 0 Å². The highest BCUT2D eigenvalue weighted by molar-refractivity contribution is 5.20.